The van der Waals surface area contributed by atoms with Crippen molar-refractivity contribution < 1.29 is 19.1 Å². The van der Waals surface area contributed by atoms with Gasteiger partial charge in [-0.05, 0) is 27.7 Å². The van der Waals surface area contributed by atoms with Crippen molar-refractivity contribution in [2.75, 3.05) is 13.7 Å². The van der Waals surface area contributed by atoms with Gasteiger partial charge in [0.2, 0.25) is 5.04 Å². The van der Waals surface area contributed by atoms with Crippen LogP contribution in [-0.4, -0.2) is 50.6 Å². The van der Waals surface area contributed by atoms with E-state index in [2.05, 4.69) is 20.8 Å². The summed E-state index contributed by atoms with van der Waals surface area (Å²) in [5.74, 6) is -1.20. The molecule has 0 amide bonds. The van der Waals surface area contributed by atoms with Crippen LogP contribution in [0, 0.1) is 0 Å². The van der Waals surface area contributed by atoms with Gasteiger partial charge in [-0.1, -0.05) is 5.21 Å². The van der Waals surface area contributed by atoms with Crippen LogP contribution in [0.4, 0.5) is 0 Å². The van der Waals surface area contributed by atoms with Crippen molar-refractivity contribution >= 4 is 28.9 Å². The first-order valence-electron chi connectivity index (χ1n) is 6.52. The number of carbonyl (C=O) groups is 2. The lowest BCUT2D eigenvalue weighted by Gasteiger charge is -2.18. The van der Waals surface area contributed by atoms with Gasteiger partial charge in [-0.2, -0.15) is 9.19 Å². The summed E-state index contributed by atoms with van der Waals surface area (Å²) in [6.07, 6.45) is 1.35. The van der Waals surface area contributed by atoms with Crippen LogP contribution in [0.5, 0.6) is 0 Å². The third kappa shape index (κ3) is 5.72. The van der Waals surface area contributed by atoms with Crippen molar-refractivity contribution in [2.24, 2.45) is 5.10 Å². The normalized spacial score (nSPS) is 12.0. The minimum absolute atomic E-state index is 0.0324. The highest BCUT2D eigenvalue weighted by Gasteiger charge is 2.22. The molecule has 10 heteroatoms. The molecule has 0 aliphatic heterocycles. The fraction of sp³-hybridized carbons (Fsp3) is 0.583. The molecule has 0 unspecified atom stereocenters. The average Bonchev–Trinajstić information content (AvgIpc) is 2.85. The van der Waals surface area contributed by atoms with Gasteiger partial charge in [0.1, 0.15) is 5.60 Å². The van der Waals surface area contributed by atoms with E-state index in [0.717, 1.165) is 11.9 Å². The van der Waals surface area contributed by atoms with Gasteiger partial charge in [-0.15, -0.1) is 5.10 Å². The van der Waals surface area contributed by atoms with E-state index in [4.69, 9.17) is 9.47 Å². The number of hydrogen-bond acceptors (Lipinski definition) is 9. The lowest BCUT2D eigenvalue weighted by molar-refractivity contribution is -0.134. The minimum atomic E-state index is -0.627. The maximum Gasteiger partial charge on any atom is 0.367 e. The van der Waals surface area contributed by atoms with Crippen LogP contribution in [0.1, 0.15) is 38.2 Å². The summed E-state index contributed by atoms with van der Waals surface area (Å²) in [5, 5.41) is 11.3. The van der Waals surface area contributed by atoms with Gasteiger partial charge in [-0.3, -0.25) is 0 Å². The van der Waals surface area contributed by atoms with E-state index in [0.29, 0.717) is 0 Å². The molecule has 0 aliphatic rings. The summed E-state index contributed by atoms with van der Waals surface area (Å²) in [7, 11) is 1.55. The van der Waals surface area contributed by atoms with Crippen molar-refractivity contribution in [3.05, 3.63) is 11.9 Å². The number of nitrogens with one attached hydrogen (secondary N) is 1. The van der Waals surface area contributed by atoms with Gasteiger partial charge in [0.15, 0.2) is 5.69 Å². The van der Waals surface area contributed by atoms with Crippen LogP contribution in [0.15, 0.2) is 11.3 Å². The summed E-state index contributed by atoms with van der Waals surface area (Å²) >= 11 is 0.866. The number of aromatic nitrogens is 3. The van der Waals surface area contributed by atoms with Gasteiger partial charge in [0.25, 0.3) is 0 Å². The Balaban J connectivity index is 2.80. The Labute approximate surface area is 132 Å². The smallest absolute Gasteiger partial charge is 0.367 e. The Bertz CT molecular complexity index is 564. The van der Waals surface area contributed by atoms with E-state index in [1.807, 2.05) is 0 Å². The molecule has 1 N–H and O–H groups in total. The maximum absolute atomic E-state index is 11.8. The van der Waals surface area contributed by atoms with Crippen molar-refractivity contribution in [3.63, 3.8) is 0 Å². The zero-order valence-corrected chi connectivity index (χ0v) is 13.9. The molecule has 0 radical (unpaired) electrons. The van der Waals surface area contributed by atoms with E-state index in [9.17, 15) is 9.59 Å². The number of nitrogens with zero attached hydrogens (tertiary/aromatic N) is 4. The molecular weight excluding hydrogens is 310 g/mol. The van der Waals surface area contributed by atoms with Crippen molar-refractivity contribution in [3.8, 4) is 0 Å². The molecule has 1 aromatic heterocycles. The van der Waals surface area contributed by atoms with Gasteiger partial charge < -0.3 is 14.9 Å². The molecule has 0 aliphatic carbocycles. The SMILES string of the molecule is CCOC(=O)/C(=N/NC)Sn1cc(C(=O)OC(C)(C)C)nn1. The molecule has 0 saturated heterocycles. The fourth-order valence-electron chi connectivity index (χ4n) is 1.20. The molecule has 122 valence electrons. The number of hydrogen-bond donors (Lipinski definition) is 1. The molecule has 22 heavy (non-hydrogen) atoms. The first-order valence-corrected chi connectivity index (χ1v) is 7.29. The zero-order valence-electron chi connectivity index (χ0n) is 13.1. The summed E-state index contributed by atoms with van der Waals surface area (Å²) in [4.78, 5) is 23.5. The lowest BCUT2D eigenvalue weighted by Crippen LogP contribution is -2.24. The lowest BCUT2D eigenvalue weighted by atomic mass is 10.2. The second-order valence-corrected chi connectivity index (χ2v) is 5.90. The molecular formula is C12H19N5O4S. The second-order valence-electron chi connectivity index (χ2n) is 4.96. The molecule has 0 atom stereocenters. The van der Waals surface area contributed by atoms with Gasteiger partial charge in [0, 0.05) is 19.0 Å². The first kappa shape index (κ1) is 18.0. The average molecular weight is 329 g/mol. The molecule has 0 saturated carbocycles. The number of esters is 2. The summed E-state index contributed by atoms with van der Waals surface area (Å²) in [6.45, 7) is 7.17. The van der Waals surface area contributed by atoms with E-state index in [1.54, 1.807) is 34.7 Å². The number of carbonyl (C=O) groups excluding carboxylic acids is 2. The van der Waals surface area contributed by atoms with Crippen LogP contribution in [0.25, 0.3) is 0 Å². The molecule has 1 rings (SSSR count). The molecule has 1 heterocycles. The van der Waals surface area contributed by atoms with Gasteiger partial charge in [0.05, 0.1) is 12.8 Å². The standard InChI is InChI=1S/C12H19N5O4S/c1-6-20-11(19)9(15-13-5)22-17-7-8(14-16-17)10(18)21-12(2,3)4/h7,13H,6H2,1-5H3/b15-9-. The predicted molar refractivity (Wildman–Crippen MR) is 81.3 cm³/mol. The van der Waals surface area contributed by atoms with Crippen LogP contribution in [0.2, 0.25) is 0 Å². The Morgan fingerprint density at radius 2 is 2.14 bits per heavy atom. The Kier molecular flexibility index (Phi) is 6.35. The second kappa shape index (κ2) is 7.78. The summed E-state index contributed by atoms with van der Waals surface area (Å²) in [6, 6.07) is 0. The number of hydrazone groups is 1. The Morgan fingerprint density at radius 3 is 2.68 bits per heavy atom. The van der Waals surface area contributed by atoms with Gasteiger partial charge >= 0.3 is 11.9 Å². The molecule has 9 nitrogen and oxygen atoms in total. The molecule has 1 aromatic rings. The van der Waals surface area contributed by atoms with Crippen molar-refractivity contribution in [1.29, 1.82) is 0 Å². The van der Waals surface area contributed by atoms with Crippen molar-refractivity contribution in [1.82, 2.24) is 19.8 Å². The summed E-state index contributed by atoms with van der Waals surface area (Å²) in [5.41, 5.74) is 1.91. The monoisotopic (exact) mass is 329 g/mol. The highest BCUT2D eigenvalue weighted by molar-refractivity contribution is 8.14. The van der Waals surface area contributed by atoms with E-state index in [-0.39, 0.29) is 17.3 Å². The van der Waals surface area contributed by atoms with Crippen molar-refractivity contribution in [2.45, 2.75) is 33.3 Å². The fourth-order valence-corrected chi connectivity index (χ4v) is 1.87. The largest absolute Gasteiger partial charge is 0.461 e. The predicted octanol–water partition coefficient (Wildman–Crippen LogP) is 0.826. The quantitative estimate of drug-likeness (QED) is 0.374. The third-order valence-corrected chi connectivity index (χ3v) is 2.72. The van der Waals surface area contributed by atoms with Crippen LogP contribution < -0.4 is 5.43 Å². The zero-order chi connectivity index (χ0) is 16.8. The van der Waals surface area contributed by atoms with Crippen LogP contribution >= 0.6 is 11.9 Å². The molecule has 0 aromatic carbocycles. The summed E-state index contributed by atoms with van der Waals surface area (Å²) < 4.78 is 11.3. The molecule has 0 bridgehead atoms. The van der Waals surface area contributed by atoms with E-state index < -0.39 is 17.5 Å². The number of rotatable bonds is 4. The van der Waals surface area contributed by atoms with E-state index >= 15 is 0 Å². The Hall–Kier alpha value is -2.10. The first-order chi connectivity index (χ1) is 10.3. The highest BCUT2D eigenvalue weighted by Crippen LogP contribution is 2.13. The Morgan fingerprint density at radius 1 is 1.45 bits per heavy atom. The third-order valence-electron chi connectivity index (χ3n) is 1.92. The minimum Gasteiger partial charge on any atom is -0.461 e. The molecule has 0 fully saturated rings. The topological polar surface area (TPSA) is 108 Å². The van der Waals surface area contributed by atoms with E-state index in [1.165, 1.54) is 10.3 Å². The van der Waals surface area contributed by atoms with Crippen LogP contribution in [0.3, 0.4) is 0 Å². The molecule has 0 spiro atoms. The highest BCUT2D eigenvalue weighted by atomic mass is 32.2. The number of ether oxygens (including phenoxy) is 2. The van der Waals surface area contributed by atoms with Crippen LogP contribution in [-0.2, 0) is 14.3 Å². The van der Waals surface area contributed by atoms with Gasteiger partial charge in [-0.25, -0.2) is 9.59 Å². The maximum atomic E-state index is 11.8.